The SMILES string of the molecule is CC(=O)OB(OC(C)=O)OC(=O)C1CN(C2CC2)c2c(cc(F)c(F)c2OC(F)F)C1=O. The zero-order valence-electron chi connectivity index (χ0n) is 16.7. The molecule has 1 heterocycles. The summed E-state index contributed by atoms with van der Waals surface area (Å²) in [4.78, 5) is 49.1. The third kappa shape index (κ3) is 4.94. The summed E-state index contributed by atoms with van der Waals surface area (Å²) in [5, 5.41) is 0. The van der Waals surface area contributed by atoms with Crippen LogP contribution in [-0.4, -0.2) is 50.2 Å². The lowest BCUT2D eigenvalue weighted by molar-refractivity contribution is -0.147. The van der Waals surface area contributed by atoms with Gasteiger partial charge in [0.05, 0.1) is 5.69 Å². The van der Waals surface area contributed by atoms with E-state index in [2.05, 4.69) is 14.0 Å². The van der Waals surface area contributed by atoms with Crippen LogP contribution in [0.4, 0.5) is 23.2 Å². The van der Waals surface area contributed by atoms with Crippen LogP contribution in [0, 0.1) is 17.6 Å². The van der Waals surface area contributed by atoms with Crippen molar-refractivity contribution in [3.63, 3.8) is 0 Å². The molecule has 1 aliphatic carbocycles. The van der Waals surface area contributed by atoms with Crippen LogP contribution < -0.4 is 9.64 Å². The fourth-order valence-corrected chi connectivity index (χ4v) is 3.24. The van der Waals surface area contributed by atoms with Gasteiger partial charge in [-0.3, -0.25) is 19.2 Å². The second-order valence-electron chi connectivity index (χ2n) is 7.02. The lowest BCUT2D eigenvalue weighted by atomic mass is 9.89. The van der Waals surface area contributed by atoms with Gasteiger partial charge in [0, 0.05) is 32.0 Å². The van der Waals surface area contributed by atoms with Crippen molar-refractivity contribution < 1.29 is 55.4 Å². The van der Waals surface area contributed by atoms with E-state index < -0.39 is 78.7 Å². The highest BCUT2D eigenvalue weighted by Gasteiger charge is 2.47. The number of nitrogens with zero attached hydrogens (tertiary/aromatic N) is 1. The fraction of sp³-hybridized carbons (Fsp3) is 0.444. The Labute approximate surface area is 178 Å². The Balaban J connectivity index is 1.96. The Morgan fingerprint density at radius 2 is 1.69 bits per heavy atom. The number of hydrogen-bond donors (Lipinski definition) is 0. The number of anilines is 1. The molecule has 0 spiro atoms. The minimum atomic E-state index is -3.50. The summed E-state index contributed by atoms with van der Waals surface area (Å²) in [7, 11) is -2.08. The van der Waals surface area contributed by atoms with Gasteiger partial charge in [0.25, 0.3) is 11.9 Å². The number of halogens is 4. The summed E-state index contributed by atoms with van der Waals surface area (Å²) in [5.74, 6) is -10.4. The predicted octanol–water partition coefficient (Wildman–Crippen LogP) is 2.00. The maximum absolute atomic E-state index is 14.2. The molecule has 0 N–H and O–H groups in total. The summed E-state index contributed by atoms with van der Waals surface area (Å²) in [6.07, 6.45) is 1.07. The van der Waals surface area contributed by atoms with Crippen molar-refractivity contribution in [3.8, 4) is 5.75 Å². The topological polar surface area (TPSA) is 108 Å². The molecule has 1 unspecified atom stereocenters. The number of benzene rings is 1. The number of carbonyl (C=O) groups is 4. The summed E-state index contributed by atoms with van der Waals surface area (Å²) in [6.45, 7) is -2.04. The molecule has 0 aromatic heterocycles. The molecule has 2 aliphatic rings. The number of Topliss-reactive ketones (excluding diaryl/α,β-unsaturated/α-hetero) is 1. The molecular formula is C18H16BF4NO8. The highest BCUT2D eigenvalue weighted by molar-refractivity contribution is 6.44. The van der Waals surface area contributed by atoms with Crippen LogP contribution in [0.3, 0.4) is 0 Å². The minimum absolute atomic E-state index is 0.347. The van der Waals surface area contributed by atoms with Gasteiger partial charge in [0.15, 0.2) is 17.3 Å². The first-order chi connectivity index (χ1) is 15.0. The van der Waals surface area contributed by atoms with Crippen molar-refractivity contribution in [1.82, 2.24) is 0 Å². The monoisotopic (exact) mass is 461 g/mol. The molecule has 0 saturated heterocycles. The summed E-state index contributed by atoms with van der Waals surface area (Å²) >= 11 is 0. The molecule has 32 heavy (non-hydrogen) atoms. The van der Waals surface area contributed by atoms with Crippen LogP contribution in [0.25, 0.3) is 0 Å². The van der Waals surface area contributed by atoms with E-state index in [-0.39, 0.29) is 6.04 Å². The van der Waals surface area contributed by atoms with Crippen molar-refractivity contribution in [2.45, 2.75) is 39.3 Å². The normalized spacial score (nSPS) is 17.5. The molecule has 172 valence electrons. The highest BCUT2D eigenvalue weighted by atomic mass is 19.3. The van der Waals surface area contributed by atoms with Gasteiger partial charge in [0.1, 0.15) is 5.92 Å². The molecule has 1 aromatic carbocycles. The minimum Gasteiger partial charge on any atom is -0.462 e. The predicted molar refractivity (Wildman–Crippen MR) is 96.6 cm³/mol. The molecule has 1 aliphatic heterocycles. The van der Waals surface area contributed by atoms with Crippen molar-refractivity contribution in [2.75, 3.05) is 11.4 Å². The maximum Gasteiger partial charge on any atom is 0.870 e. The highest BCUT2D eigenvalue weighted by Crippen LogP contribution is 2.46. The number of alkyl halides is 2. The van der Waals surface area contributed by atoms with Crippen LogP contribution >= 0.6 is 0 Å². The second-order valence-corrected chi connectivity index (χ2v) is 7.02. The summed E-state index contributed by atoms with van der Waals surface area (Å²) < 4.78 is 72.0. The summed E-state index contributed by atoms with van der Waals surface area (Å²) in [6, 6.07) is 0.134. The van der Waals surface area contributed by atoms with Crippen molar-refractivity contribution in [1.29, 1.82) is 0 Å². The Morgan fingerprint density at radius 1 is 1.09 bits per heavy atom. The van der Waals surface area contributed by atoms with Gasteiger partial charge in [-0.15, -0.1) is 0 Å². The molecule has 1 atom stereocenters. The lowest BCUT2D eigenvalue weighted by Gasteiger charge is -2.35. The van der Waals surface area contributed by atoms with Gasteiger partial charge in [-0.25, -0.2) is 4.39 Å². The third-order valence-corrected chi connectivity index (χ3v) is 4.61. The first-order valence-corrected chi connectivity index (χ1v) is 9.32. The van der Waals surface area contributed by atoms with Gasteiger partial charge in [0.2, 0.25) is 5.82 Å². The molecule has 0 amide bonds. The van der Waals surface area contributed by atoms with Crippen molar-refractivity contribution in [2.24, 2.45) is 5.92 Å². The molecule has 3 rings (SSSR count). The Morgan fingerprint density at radius 3 is 2.19 bits per heavy atom. The van der Waals surface area contributed by atoms with E-state index in [1.165, 1.54) is 4.90 Å². The van der Waals surface area contributed by atoms with Crippen LogP contribution in [0.2, 0.25) is 0 Å². The van der Waals surface area contributed by atoms with E-state index in [0.29, 0.717) is 18.9 Å². The van der Waals surface area contributed by atoms with Crippen LogP contribution in [0.15, 0.2) is 6.07 Å². The molecular weight excluding hydrogens is 445 g/mol. The number of hydrogen-bond acceptors (Lipinski definition) is 9. The van der Waals surface area contributed by atoms with E-state index >= 15 is 0 Å². The molecule has 1 aromatic rings. The van der Waals surface area contributed by atoms with Gasteiger partial charge >= 0.3 is 19.9 Å². The van der Waals surface area contributed by atoms with E-state index in [9.17, 15) is 36.7 Å². The van der Waals surface area contributed by atoms with Crippen LogP contribution in [0.1, 0.15) is 37.0 Å². The zero-order valence-corrected chi connectivity index (χ0v) is 16.7. The standard InChI is InChI=1S/C18H16BF4NO8/c1-7(25)30-19(31-8(2)26)32-17(28)11-6-24(9-3-4-9)14-10(15(11)27)5-12(20)13(21)16(14)29-18(22)23/h5,9,11,18H,3-4,6H2,1-2H3. The van der Waals surface area contributed by atoms with Crippen LogP contribution in [0.5, 0.6) is 5.75 Å². The number of carbonyl (C=O) groups excluding carboxylic acids is 4. The average Bonchev–Trinajstić information content (AvgIpc) is 3.49. The largest absolute Gasteiger partial charge is 0.870 e. The first kappa shape index (κ1) is 23.4. The van der Waals surface area contributed by atoms with Crippen LogP contribution in [-0.2, 0) is 28.3 Å². The van der Waals surface area contributed by atoms with Crippen molar-refractivity contribution in [3.05, 3.63) is 23.3 Å². The fourth-order valence-electron chi connectivity index (χ4n) is 3.24. The number of ketones is 1. The number of ether oxygens (including phenoxy) is 1. The third-order valence-electron chi connectivity index (χ3n) is 4.61. The van der Waals surface area contributed by atoms with E-state index in [4.69, 9.17) is 4.65 Å². The number of rotatable bonds is 7. The van der Waals surface area contributed by atoms with Crippen molar-refractivity contribution >= 4 is 36.7 Å². The molecule has 14 heteroatoms. The number of fused-ring (bicyclic) bond motifs is 1. The van der Waals surface area contributed by atoms with E-state index in [1.54, 1.807) is 0 Å². The van der Waals surface area contributed by atoms with Gasteiger partial charge in [-0.05, 0) is 18.9 Å². The Hall–Kier alpha value is -3.32. The Kier molecular flexibility index (Phi) is 6.60. The van der Waals surface area contributed by atoms with Gasteiger partial charge in [-0.2, -0.15) is 13.2 Å². The lowest BCUT2D eigenvalue weighted by Crippen LogP contribution is -2.47. The molecule has 1 fully saturated rings. The summed E-state index contributed by atoms with van der Waals surface area (Å²) in [5.41, 5.74) is -0.951. The van der Waals surface area contributed by atoms with Gasteiger partial charge < -0.3 is 23.6 Å². The average molecular weight is 461 g/mol. The van der Waals surface area contributed by atoms with Gasteiger partial charge in [-0.1, -0.05) is 0 Å². The molecule has 9 nitrogen and oxygen atoms in total. The smallest absolute Gasteiger partial charge is 0.462 e. The molecule has 0 bridgehead atoms. The molecule has 1 saturated carbocycles. The maximum atomic E-state index is 14.2. The van der Waals surface area contributed by atoms with E-state index in [1.807, 2.05) is 0 Å². The zero-order chi connectivity index (χ0) is 23.7. The quantitative estimate of drug-likeness (QED) is 0.342. The second kappa shape index (κ2) is 9.05. The molecule has 0 radical (unpaired) electrons. The van der Waals surface area contributed by atoms with E-state index in [0.717, 1.165) is 13.8 Å². The first-order valence-electron chi connectivity index (χ1n) is 9.32. The Bertz CT molecular complexity index is 955.